The number of carbonyl (C=O) groups excluding carboxylic acids is 1. The summed E-state index contributed by atoms with van der Waals surface area (Å²) in [5.74, 6) is -0.102. The number of hydrogen-bond donors (Lipinski definition) is 0. The second kappa shape index (κ2) is 5.45. The maximum absolute atomic E-state index is 12.1. The van der Waals surface area contributed by atoms with E-state index in [0.717, 1.165) is 16.7 Å². The molecule has 0 fully saturated rings. The molecule has 0 aromatic carbocycles. The summed E-state index contributed by atoms with van der Waals surface area (Å²) >= 11 is 0. The SMILES string of the molecule is Cc1nn(C(C)C)c2nc(C(=O)/C=C/N(C)C)ccc12. The highest BCUT2D eigenvalue weighted by Gasteiger charge is 2.13. The molecule has 0 saturated carbocycles. The fourth-order valence-electron chi connectivity index (χ4n) is 1.97. The molecule has 0 spiro atoms. The Morgan fingerprint density at radius 1 is 1.35 bits per heavy atom. The first-order chi connectivity index (χ1) is 9.40. The van der Waals surface area contributed by atoms with Gasteiger partial charge in [-0.25, -0.2) is 9.67 Å². The van der Waals surface area contributed by atoms with E-state index in [1.807, 2.05) is 50.5 Å². The first-order valence-electron chi connectivity index (χ1n) is 6.65. The molecule has 0 amide bonds. The van der Waals surface area contributed by atoms with Crippen LogP contribution in [0.25, 0.3) is 11.0 Å². The Bertz CT molecular complexity index is 668. The van der Waals surface area contributed by atoms with Crippen molar-refractivity contribution in [1.29, 1.82) is 0 Å². The molecule has 0 aliphatic heterocycles. The van der Waals surface area contributed by atoms with Gasteiger partial charge in [-0.1, -0.05) is 0 Å². The lowest BCUT2D eigenvalue weighted by atomic mass is 10.2. The summed E-state index contributed by atoms with van der Waals surface area (Å²) in [4.78, 5) is 18.4. The maximum atomic E-state index is 12.1. The minimum atomic E-state index is -0.102. The molecule has 0 aliphatic rings. The lowest BCUT2D eigenvalue weighted by molar-refractivity contribution is 0.104. The lowest BCUT2D eigenvalue weighted by Gasteiger charge is -2.06. The average molecular weight is 272 g/mol. The van der Waals surface area contributed by atoms with E-state index < -0.39 is 0 Å². The summed E-state index contributed by atoms with van der Waals surface area (Å²) < 4.78 is 1.86. The molecular formula is C15H20N4O. The van der Waals surface area contributed by atoms with Gasteiger partial charge in [0.1, 0.15) is 5.69 Å². The third kappa shape index (κ3) is 2.71. The van der Waals surface area contributed by atoms with Crippen molar-refractivity contribution in [3.63, 3.8) is 0 Å². The van der Waals surface area contributed by atoms with Gasteiger partial charge in [0, 0.05) is 37.8 Å². The zero-order valence-electron chi connectivity index (χ0n) is 12.6. The van der Waals surface area contributed by atoms with Crippen LogP contribution in [0, 0.1) is 6.92 Å². The topological polar surface area (TPSA) is 51.0 Å². The number of aromatic nitrogens is 3. The smallest absolute Gasteiger partial charge is 0.205 e. The Kier molecular flexibility index (Phi) is 3.88. The standard InChI is InChI=1S/C15H20N4O/c1-10(2)19-15-12(11(3)17-19)6-7-13(16-15)14(20)8-9-18(4)5/h6-10H,1-5H3/b9-8+. The van der Waals surface area contributed by atoms with E-state index in [1.165, 1.54) is 6.08 Å². The zero-order chi connectivity index (χ0) is 14.9. The van der Waals surface area contributed by atoms with Gasteiger partial charge in [0.05, 0.1) is 5.69 Å². The number of pyridine rings is 1. The van der Waals surface area contributed by atoms with E-state index in [9.17, 15) is 4.79 Å². The summed E-state index contributed by atoms with van der Waals surface area (Å²) in [7, 11) is 3.75. The molecule has 0 aliphatic carbocycles. The second-order valence-electron chi connectivity index (χ2n) is 5.33. The molecule has 0 atom stereocenters. The molecule has 2 aromatic heterocycles. The minimum Gasteiger partial charge on any atom is -0.383 e. The van der Waals surface area contributed by atoms with Crippen LogP contribution in [0.5, 0.6) is 0 Å². The Balaban J connectivity index is 2.47. The first kappa shape index (κ1) is 14.2. The van der Waals surface area contributed by atoms with Crippen LogP contribution in [-0.4, -0.2) is 39.5 Å². The summed E-state index contributed by atoms with van der Waals surface area (Å²) in [5.41, 5.74) is 2.14. The van der Waals surface area contributed by atoms with E-state index in [1.54, 1.807) is 12.3 Å². The quantitative estimate of drug-likeness (QED) is 0.634. The van der Waals surface area contributed by atoms with E-state index in [-0.39, 0.29) is 11.8 Å². The van der Waals surface area contributed by atoms with Crippen LogP contribution in [0.3, 0.4) is 0 Å². The van der Waals surface area contributed by atoms with Crippen LogP contribution in [0.15, 0.2) is 24.4 Å². The van der Waals surface area contributed by atoms with Crippen LogP contribution < -0.4 is 0 Å². The van der Waals surface area contributed by atoms with Crippen LogP contribution in [0.4, 0.5) is 0 Å². The highest BCUT2D eigenvalue weighted by molar-refractivity contribution is 6.04. The van der Waals surface area contributed by atoms with Crippen LogP contribution in [0.2, 0.25) is 0 Å². The lowest BCUT2D eigenvalue weighted by Crippen LogP contribution is -2.07. The highest BCUT2D eigenvalue weighted by Crippen LogP contribution is 2.20. The van der Waals surface area contributed by atoms with E-state index in [0.29, 0.717) is 5.69 Å². The second-order valence-corrected chi connectivity index (χ2v) is 5.33. The number of aryl methyl sites for hydroxylation is 1. The fourth-order valence-corrected chi connectivity index (χ4v) is 1.97. The van der Waals surface area contributed by atoms with Gasteiger partial charge in [0.15, 0.2) is 5.65 Å². The average Bonchev–Trinajstić information content (AvgIpc) is 2.73. The number of nitrogens with zero attached hydrogens (tertiary/aromatic N) is 4. The molecule has 0 bridgehead atoms. The van der Waals surface area contributed by atoms with Gasteiger partial charge in [0.2, 0.25) is 5.78 Å². The Morgan fingerprint density at radius 2 is 2.05 bits per heavy atom. The Labute approximate surface area is 118 Å². The summed E-state index contributed by atoms with van der Waals surface area (Å²) in [6.07, 6.45) is 3.25. The number of rotatable bonds is 4. The van der Waals surface area contributed by atoms with Gasteiger partial charge in [-0.15, -0.1) is 0 Å². The predicted molar refractivity (Wildman–Crippen MR) is 79.8 cm³/mol. The number of hydrogen-bond acceptors (Lipinski definition) is 4. The fraction of sp³-hybridized carbons (Fsp3) is 0.400. The zero-order valence-corrected chi connectivity index (χ0v) is 12.6. The van der Waals surface area contributed by atoms with Crippen molar-refractivity contribution in [3.05, 3.63) is 35.8 Å². The first-order valence-corrected chi connectivity index (χ1v) is 6.65. The van der Waals surface area contributed by atoms with E-state index in [2.05, 4.69) is 10.1 Å². The maximum Gasteiger partial charge on any atom is 0.205 e. The number of fused-ring (bicyclic) bond motifs is 1. The van der Waals surface area contributed by atoms with Crippen molar-refractivity contribution in [2.45, 2.75) is 26.8 Å². The van der Waals surface area contributed by atoms with Crippen LogP contribution >= 0.6 is 0 Å². The van der Waals surface area contributed by atoms with Crippen molar-refractivity contribution >= 4 is 16.8 Å². The van der Waals surface area contributed by atoms with Gasteiger partial charge < -0.3 is 4.90 Å². The Hall–Kier alpha value is -2.17. The normalized spacial score (nSPS) is 11.7. The Morgan fingerprint density at radius 3 is 2.65 bits per heavy atom. The molecular weight excluding hydrogens is 252 g/mol. The molecule has 0 radical (unpaired) electrons. The highest BCUT2D eigenvalue weighted by atomic mass is 16.1. The third-order valence-electron chi connectivity index (χ3n) is 3.01. The summed E-state index contributed by atoms with van der Waals surface area (Å²) in [5, 5.41) is 5.47. The van der Waals surface area contributed by atoms with E-state index >= 15 is 0 Å². The molecule has 2 aromatic rings. The molecule has 5 heteroatoms. The molecule has 5 nitrogen and oxygen atoms in total. The van der Waals surface area contributed by atoms with Crippen molar-refractivity contribution < 1.29 is 4.79 Å². The molecule has 106 valence electrons. The summed E-state index contributed by atoms with van der Waals surface area (Å²) in [6, 6.07) is 3.88. The van der Waals surface area contributed by atoms with Gasteiger partial charge in [-0.2, -0.15) is 5.10 Å². The molecule has 2 rings (SSSR count). The number of carbonyl (C=O) groups is 1. The molecule has 2 heterocycles. The largest absolute Gasteiger partial charge is 0.383 e. The number of ketones is 1. The molecule has 20 heavy (non-hydrogen) atoms. The van der Waals surface area contributed by atoms with Crippen molar-refractivity contribution in [3.8, 4) is 0 Å². The monoisotopic (exact) mass is 272 g/mol. The molecule has 0 N–H and O–H groups in total. The summed E-state index contributed by atoms with van der Waals surface area (Å²) in [6.45, 7) is 6.05. The van der Waals surface area contributed by atoms with Crippen LogP contribution in [-0.2, 0) is 0 Å². The molecule has 0 saturated heterocycles. The van der Waals surface area contributed by atoms with Gasteiger partial charge in [-0.05, 0) is 32.9 Å². The van der Waals surface area contributed by atoms with Crippen LogP contribution in [0.1, 0.15) is 36.1 Å². The predicted octanol–water partition coefficient (Wildman–Crippen LogP) is 2.58. The van der Waals surface area contributed by atoms with Crippen molar-refractivity contribution in [1.82, 2.24) is 19.7 Å². The van der Waals surface area contributed by atoms with Gasteiger partial charge in [0.25, 0.3) is 0 Å². The minimum absolute atomic E-state index is 0.102. The van der Waals surface area contributed by atoms with Gasteiger partial charge in [-0.3, -0.25) is 4.79 Å². The van der Waals surface area contributed by atoms with Crippen molar-refractivity contribution in [2.24, 2.45) is 0 Å². The van der Waals surface area contributed by atoms with E-state index in [4.69, 9.17) is 0 Å². The molecule has 0 unspecified atom stereocenters. The third-order valence-corrected chi connectivity index (χ3v) is 3.01. The number of allylic oxidation sites excluding steroid dienone is 1. The van der Waals surface area contributed by atoms with Gasteiger partial charge >= 0.3 is 0 Å². The van der Waals surface area contributed by atoms with Crippen molar-refractivity contribution in [2.75, 3.05) is 14.1 Å².